The second-order valence-corrected chi connectivity index (χ2v) is 7.83. The second-order valence-electron chi connectivity index (χ2n) is 7.83. The average Bonchev–Trinajstić information content (AvgIpc) is 3.00. The summed E-state index contributed by atoms with van der Waals surface area (Å²) in [5, 5.41) is 5.22. The maximum Gasteiger partial charge on any atom is 0.416 e. The van der Waals surface area contributed by atoms with Crippen molar-refractivity contribution in [3.05, 3.63) is 48.0 Å². The average molecular weight is 407 g/mol. The predicted molar refractivity (Wildman–Crippen MR) is 98.2 cm³/mol. The summed E-state index contributed by atoms with van der Waals surface area (Å²) in [4.78, 5) is 30.2. The van der Waals surface area contributed by atoms with Crippen LogP contribution in [0, 0.1) is 5.41 Å². The van der Waals surface area contributed by atoms with E-state index in [1.54, 1.807) is 22.8 Å². The highest BCUT2D eigenvalue weighted by Gasteiger charge is 2.54. The van der Waals surface area contributed by atoms with Crippen LogP contribution in [0.1, 0.15) is 28.9 Å². The Morgan fingerprint density at radius 3 is 2.59 bits per heavy atom. The molecular weight excluding hydrogens is 387 g/mol. The Hall–Kier alpha value is -3.04. The van der Waals surface area contributed by atoms with Gasteiger partial charge in [0, 0.05) is 37.3 Å². The number of rotatable bonds is 3. The molecule has 154 valence electrons. The Balaban J connectivity index is 1.24. The fourth-order valence-corrected chi connectivity index (χ4v) is 4.10. The lowest BCUT2D eigenvalue weighted by Gasteiger charge is -2.58. The highest BCUT2D eigenvalue weighted by atomic mass is 19.4. The van der Waals surface area contributed by atoms with Gasteiger partial charge in [-0.3, -0.25) is 4.79 Å². The number of nitrogens with one attached hydrogen (secondary N) is 2. The van der Waals surface area contributed by atoms with E-state index in [0.29, 0.717) is 18.8 Å². The lowest BCUT2D eigenvalue weighted by Crippen LogP contribution is -2.67. The zero-order chi connectivity index (χ0) is 20.8. The van der Waals surface area contributed by atoms with Crippen molar-refractivity contribution >= 4 is 17.6 Å². The van der Waals surface area contributed by atoms with Crippen LogP contribution >= 0.6 is 0 Å². The number of urea groups is 1. The summed E-state index contributed by atoms with van der Waals surface area (Å²) in [6.07, 6.45) is 0.125. The third-order valence-corrected chi connectivity index (χ3v) is 5.52. The summed E-state index contributed by atoms with van der Waals surface area (Å²) < 4.78 is 39.9. The minimum absolute atomic E-state index is 0.0163. The maximum absolute atomic E-state index is 12.7. The van der Waals surface area contributed by atoms with Crippen LogP contribution in [0.15, 0.2) is 36.8 Å². The van der Waals surface area contributed by atoms with Crippen LogP contribution in [0.5, 0.6) is 0 Å². The molecule has 2 N–H and O–H groups in total. The van der Waals surface area contributed by atoms with Crippen LogP contribution in [0.2, 0.25) is 0 Å². The molecule has 2 heterocycles. The number of aromatic nitrogens is 2. The molecule has 1 aliphatic heterocycles. The van der Waals surface area contributed by atoms with E-state index in [1.807, 2.05) is 0 Å². The van der Waals surface area contributed by atoms with E-state index in [9.17, 15) is 22.8 Å². The predicted octanol–water partition coefficient (Wildman–Crippen LogP) is 2.87. The minimum Gasteiger partial charge on any atom is -0.336 e. The second kappa shape index (κ2) is 6.78. The molecule has 1 spiro atoms. The van der Waals surface area contributed by atoms with Gasteiger partial charge in [0.1, 0.15) is 5.69 Å². The van der Waals surface area contributed by atoms with Gasteiger partial charge in [-0.15, -0.1) is 0 Å². The van der Waals surface area contributed by atoms with Gasteiger partial charge in [-0.05, 0) is 31.0 Å². The minimum atomic E-state index is -4.46. The van der Waals surface area contributed by atoms with Crippen molar-refractivity contribution in [3.8, 4) is 0 Å². The molecule has 1 aromatic carbocycles. The molecule has 2 aliphatic rings. The Kier molecular flexibility index (Phi) is 4.51. The SMILES string of the molecule is Cn1cncc1C(=O)N1CC2(CC(NC(=O)Nc3cccc(C(F)(F)F)c3)C2)C1. The number of amides is 3. The highest BCUT2D eigenvalue weighted by Crippen LogP contribution is 2.48. The molecule has 3 amide bonds. The lowest BCUT2D eigenvalue weighted by atomic mass is 9.60. The van der Waals surface area contributed by atoms with Crippen molar-refractivity contribution in [3.63, 3.8) is 0 Å². The molecule has 0 unspecified atom stereocenters. The number of carbonyl (C=O) groups excluding carboxylic acids is 2. The van der Waals surface area contributed by atoms with Crippen LogP contribution in [0.4, 0.5) is 23.7 Å². The molecule has 7 nitrogen and oxygen atoms in total. The van der Waals surface area contributed by atoms with E-state index in [4.69, 9.17) is 0 Å². The first-order valence-corrected chi connectivity index (χ1v) is 9.16. The number of aryl methyl sites for hydroxylation is 1. The molecular formula is C19H20F3N5O2. The maximum atomic E-state index is 12.7. The summed E-state index contributed by atoms with van der Waals surface area (Å²) in [6, 6.07) is 3.91. The van der Waals surface area contributed by atoms with Crippen LogP contribution in [0.3, 0.4) is 0 Å². The fraction of sp³-hybridized carbons (Fsp3) is 0.421. The molecule has 2 fully saturated rings. The summed E-state index contributed by atoms with van der Waals surface area (Å²) in [7, 11) is 1.77. The number of hydrogen-bond donors (Lipinski definition) is 2. The van der Waals surface area contributed by atoms with Crippen molar-refractivity contribution in [1.82, 2.24) is 19.8 Å². The van der Waals surface area contributed by atoms with Gasteiger partial charge >= 0.3 is 12.2 Å². The van der Waals surface area contributed by atoms with Gasteiger partial charge in [0.2, 0.25) is 0 Å². The van der Waals surface area contributed by atoms with Gasteiger partial charge in [-0.2, -0.15) is 13.2 Å². The number of nitrogens with zero attached hydrogens (tertiary/aromatic N) is 3. The topological polar surface area (TPSA) is 79.3 Å². The zero-order valence-corrected chi connectivity index (χ0v) is 15.7. The third-order valence-electron chi connectivity index (χ3n) is 5.52. The van der Waals surface area contributed by atoms with E-state index in [0.717, 1.165) is 25.0 Å². The number of carbonyl (C=O) groups is 2. The molecule has 1 saturated heterocycles. The van der Waals surface area contributed by atoms with Crippen molar-refractivity contribution in [1.29, 1.82) is 0 Å². The van der Waals surface area contributed by atoms with Crippen molar-refractivity contribution in [2.45, 2.75) is 25.1 Å². The van der Waals surface area contributed by atoms with Crippen molar-refractivity contribution < 1.29 is 22.8 Å². The Morgan fingerprint density at radius 1 is 1.24 bits per heavy atom. The Labute approximate surface area is 164 Å². The summed E-state index contributed by atoms with van der Waals surface area (Å²) in [5.41, 5.74) is -0.176. The Bertz CT molecular complexity index is 941. The van der Waals surface area contributed by atoms with Gasteiger partial charge in [0.25, 0.3) is 5.91 Å². The lowest BCUT2D eigenvalue weighted by molar-refractivity contribution is -0.137. The van der Waals surface area contributed by atoms with E-state index < -0.39 is 17.8 Å². The number of anilines is 1. The van der Waals surface area contributed by atoms with Gasteiger partial charge in [0.05, 0.1) is 18.1 Å². The number of hydrogen-bond acceptors (Lipinski definition) is 3. The van der Waals surface area contributed by atoms with Crippen LogP contribution in [-0.2, 0) is 13.2 Å². The number of halogens is 3. The molecule has 1 aliphatic carbocycles. The van der Waals surface area contributed by atoms with Gasteiger partial charge < -0.3 is 20.1 Å². The summed E-state index contributed by atoms with van der Waals surface area (Å²) in [6.45, 7) is 1.26. The number of imidazole rings is 1. The largest absolute Gasteiger partial charge is 0.416 e. The molecule has 1 saturated carbocycles. The monoisotopic (exact) mass is 407 g/mol. The molecule has 10 heteroatoms. The first kappa shape index (κ1) is 19.3. The zero-order valence-electron chi connectivity index (χ0n) is 15.7. The van der Waals surface area contributed by atoms with E-state index in [1.165, 1.54) is 18.3 Å². The quantitative estimate of drug-likeness (QED) is 0.821. The van der Waals surface area contributed by atoms with Crippen LogP contribution in [0.25, 0.3) is 0 Å². The molecule has 4 rings (SSSR count). The van der Waals surface area contributed by atoms with Gasteiger partial charge in [-0.25, -0.2) is 9.78 Å². The van der Waals surface area contributed by atoms with Crippen LogP contribution < -0.4 is 10.6 Å². The van der Waals surface area contributed by atoms with Crippen molar-refractivity contribution in [2.24, 2.45) is 12.5 Å². The van der Waals surface area contributed by atoms with Crippen LogP contribution in [-0.4, -0.2) is 45.5 Å². The molecule has 0 radical (unpaired) electrons. The van der Waals surface area contributed by atoms with Crippen molar-refractivity contribution in [2.75, 3.05) is 18.4 Å². The Morgan fingerprint density at radius 2 is 1.97 bits per heavy atom. The highest BCUT2D eigenvalue weighted by molar-refractivity contribution is 5.93. The first-order chi connectivity index (χ1) is 13.7. The molecule has 1 aromatic heterocycles. The van der Waals surface area contributed by atoms with E-state index in [-0.39, 0.29) is 23.1 Å². The summed E-state index contributed by atoms with van der Waals surface area (Å²) >= 11 is 0. The molecule has 29 heavy (non-hydrogen) atoms. The standard InChI is InChI=1S/C19H20F3N5O2/c1-26-11-23-8-15(26)16(28)27-9-18(10-27)6-14(7-18)25-17(29)24-13-4-2-3-12(5-13)19(20,21)22/h2-5,8,11,14H,6-7,9-10H2,1H3,(H2,24,25,29). The summed E-state index contributed by atoms with van der Waals surface area (Å²) in [5.74, 6) is -0.0608. The number of alkyl halides is 3. The van der Waals surface area contributed by atoms with Gasteiger partial charge in [0.15, 0.2) is 0 Å². The number of likely N-dealkylation sites (tertiary alicyclic amines) is 1. The number of benzene rings is 1. The molecule has 2 aromatic rings. The first-order valence-electron chi connectivity index (χ1n) is 9.16. The van der Waals surface area contributed by atoms with Gasteiger partial charge in [-0.1, -0.05) is 6.07 Å². The smallest absolute Gasteiger partial charge is 0.336 e. The normalized spacial score (nSPS) is 18.1. The fourth-order valence-electron chi connectivity index (χ4n) is 4.10. The van der Waals surface area contributed by atoms with E-state index >= 15 is 0 Å². The van der Waals surface area contributed by atoms with E-state index in [2.05, 4.69) is 15.6 Å². The third kappa shape index (κ3) is 3.79. The molecule has 0 bridgehead atoms. The molecule has 0 atom stereocenters.